The third-order valence-electron chi connectivity index (χ3n) is 5.31. The Labute approximate surface area is 228 Å². The molecule has 1 heterocycles. The zero-order valence-electron chi connectivity index (χ0n) is 18.8. The smallest absolute Gasteiger partial charge is 0.300 e. The number of nitrogens with zero attached hydrogens (tertiary/aromatic N) is 1. The van der Waals surface area contributed by atoms with Gasteiger partial charge in [-0.2, -0.15) is 4.98 Å². The number of sulfonamides is 1. The average molecular weight is 575 g/mol. The molecule has 0 saturated heterocycles. The summed E-state index contributed by atoms with van der Waals surface area (Å²) in [5.41, 5.74) is 3.31. The van der Waals surface area contributed by atoms with Crippen molar-refractivity contribution < 1.29 is 17.9 Å². The van der Waals surface area contributed by atoms with E-state index in [1.54, 1.807) is 6.07 Å². The van der Waals surface area contributed by atoms with Crippen molar-refractivity contribution >= 4 is 62.6 Å². The van der Waals surface area contributed by atoms with E-state index in [1.807, 2.05) is 59.3 Å². The van der Waals surface area contributed by atoms with Gasteiger partial charge in [0.05, 0.1) is 16.1 Å². The highest BCUT2D eigenvalue weighted by atomic mass is 35.5. The van der Waals surface area contributed by atoms with Crippen molar-refractivity contribution in [2.75, 3.05) is 0 Å². The molecule has 1 aromatic heterocycles. The van der Waals surface area contributed by atoms with Gasteiger partial charge < -0.3 is 9.72 Å². The Balaban J connectivity index is 0.00000320. The zero-order chi connectivity index (χ0) is 25.3. The lowest BCUT2D eigenvalue weighted by molar-refractivity contribution is 0.0981. The van der Waals surface area contributed by atoms with E-state index < -0.39 is 15.9 Å². The maximum atomic E-state index is 12.7. The molecule has 0 aliphatic heterocycles. The first-order valence-corrected chi connectivity index (χ1v) is 12.9. The van der Waals surface area contributed by atoms with Crippen LogP contribution in [0.1, 0.15) is 10.4 Å². The fourth-order valence-electron chi connectivity index (χ4n) is 3.56. The molecule has 0 fully saturated rings. The number of aromatic amines is 1. The number of halogens is 3. The maximum absolute atomic E-state index is 12.7. The first-order chi connectivity index (χ1) is 17.3. The fraction of sp³-hybridized carbons (Fsp3) is 0. The molecule has 5 aromatic rings. The van der Waals surface area contributed by atoms with Gasteiger partial charge in [-0.05, 0) is 59.7 Å². The summed E-state index contributed by atoms with van der Waals surface area (Å²) in [6.07, 6.45) is 0. The van der Waals surface area contributed by atoms with Crippen LogP contribution in [0.25, 0.3) is 22.2 Å². The highest BCUT2D eigenvalue weighted by Crippen LogP contribution is 2.27. The number of fused-ring (bicyclic) bond motifs is 1. The van der Waals surface area contributed by atoms with Gasteiger partial charge in [-0.3, -0.25) is 4.79 Å². The van der Waals surface area contributed by atoms with E-state index >= 15 is 0 Å². The summed E-state index contributed by atoms with van der Waals surface area (Å²) in [5.74, 6) is -0.242. The molecule has 188 valence electrons. The molecule has 2 N–H and O–H groups in total. The van der Waals surface area contributed by atoms with Crippen molar-refractivity contribution in [2.45, 2.75) is 4.90 Å². The second-order valence-electron chi connectivity index (χ2n) is 7.78. The molecule has 7 nitrogen and oxygen atoms in total. The molecule has 0 saturated carbocycles. The quantitative estimate of drug-likeness (QED) is 0.230. The van der Waals surface area contributed by atoms with Crippen molar-refractivity contribution in [2.24, 2.45) is 0 Å². The number of amides is 1. The van der Waals surface area contributed by atoms with E-state index in [-0.39, 0.29) is 38.9 Å². The van der Waals surface area contributed by atoms with E-state index in [4.69, 9.17) is 27.9 Å². The molecule has 0 aliphatic carbocycles. The van der Waals surface area contributed by atoms with E-state index in [9.17, 15) is 13.2 Å². The molecule has 0 aliphatic rings. The van der Waals surface area contributed by atoms with Crippen LogP contribution in [0.4, 0.5) is 0 Å². The van der Waals surface area contributed by atoms with Gasteiger partial charge in [0.1, 0.15) is 10.6 Å². The number of nitrogens with one attached hydrogen (secondary N) is 2. The molecule has 0 bridgehead atoms. The Morgan fingerprint density at radius 2 is 1.57 bits per heavy atom. The first-order valence-electron chi connectivity index (χ1n) is 10.6. The third-order valence-corrected chi connectivity index (χ3v) is 7.36. The number of carbonyl (C=O) groups is 1. The largest absolute Gasteiger partial charge is 0.426 e. The summed E-state index contributed by atoms with van der Waals surface area (Å²) < 4.78 is 33.1. The van der Waals surface area contributed by atoms with Gasteiger partial charge in [-0.15, -0.1) is 12.4 Å². The molecule has 0 radical (unpaired) electrons. The van der Waals surface area contributed by atoms with E-state index in [0.29, 0.717) is 16.8 Å². The summed E-state index contributed by atoms with van der Waals surface area (Å²) in [4.78, 5) is 19.8. The molecular weight excluding hydrogens is 557 g/mol. The summed E-state index contributed by atoms with van der Waals surface area (Å²) in [7, 11) is -4.21. The lowest BCUT2D eigenvalue weighted by Crippen LogP contribution is -2.30. The molecule has 37 heavy (non-hydrogen) atoms. The number of imidazole rings is 1. The van der Waals surface area contributed by atoms with Crippen LogP contribution in [0.2, 0.25) is 10.0 Å². The summed E-state index contributed by atoms with van der Waals surface area (Å²) in [5, 5.41) is 0.186. The molecule has 0 unspecified atom stereocenters. The molecular formula is C26H18Cl3N3O4S. The zero-order valence-corrected chi connectivity index (χ0v) is 22.0. The summed E-state index contributed by atoms with van der Waals surface area (Å²) in [6.45, 7) is 0. The number of rotatable bonds is 6. The standard InChI is InChI=1S/C26H17Cl2N3O4S.ClH/c27-19-9-13-24(21(28)15-19)36(33,34)31-25(32)18-8-12-22-23(14-18)30-26(29-22)35-20-10-6-17(7-11-20)16-4-2-1-3-5-16;/h1-15H,(H,29,30)(H,31,32);1H. The van der Waals surface area contributed by atoms with Crippen molar-refractivity contribution in [3.63, 3.8) is 0 Å². The van der Waals surface area contributed by atoms with Crippen molar-refractivity contribution in [1.82, 2.24) is 14.7 Å². The van der Waals surface area contributed by atoms with Crippen LogP contribution in [0.5, 0.6) is 11.8 Å². The highest BCUT2D eigenvalue weighted by Gasteiger charge is 2.22. The Bertz CT molecular complexity index is 1690. The van der Waals surface area contributed by atoms with Gasteiger partial charge in [0.25, 0.3) is 21.9 Å². The number of aromatic nitrogens is 2. The van der Waals surface area contributed by atoms with E-state index in [0.717, 1.165) is 11.1 Å². The van der Waals surface area contributed by atoms with Crippen molar-refractivity contribution in [3.8, 4) is 22.9 Å². The second kappa shape index (κ2) is 10.8. The average Bonchev–Trinajstić information content (AvgIpc) is 3.26. The van der Waals surface area contributed by atoms with Crippen LogP contribution in [0.3, 0.4) is 0 Å². The predicted octanol–water partition coefficient (Wildman–Crippen LogP) is 6.87. The van der Waals surface area contributed by atoms with Crippen LogP contribution in [-0.2, 0) is 10.0 Å². The third kappa shape index (κ3) is 5.89. The number of benzene rings is 4. The number of hydrogen-bond acceptors (Lipinski definition) is 5. The van der Waals surface area contributed by atoms with Crippen molar-refractivity contribution in [3.05, 3.63) is 107 Å². The molecule has 4 aromatic carbocycles. The fourth-order valence-corrected chi connectivity index (χ4v) is 5.31. The maximum Gasteiger partial charge on any atom is 0.300 e. The predicted molar refractivity (Wildman–Crippen MR) is 146 cm³/mol. The molecule has 11 heteroatoms. The molecule has 0 spiro atoms. The summed E-state index contributed by atoms with van der Waals surface area (Å²) in [6, 6.07) is 26.2. The molecule has 1 amide bonds. The lowest BCUT2D eigenvalue weighted by Gasteiger charge is -2.08. The van der Waals surface area contributed by atoms with Crippen LogP contribution in [-0.4, -0.2) is 24.3 Å². The Kier molecular flexibility index (Phi) is 7.75. The first kappa shape index (κ1) is 26.5. The number of hydrogen-bond donors (Lipinski definition) is 2. The van der Waals surface area contributed by atoms with Gasteiger partial charge in [0.15, 0.2) is 0 Å². The van der Waals surface area contributed by atoms with E-state index in [2.05, 4.69) is 9.97 Å². The summed E-state index contributed by atoms with van der Waals surface area (Å²) >= 11 is 11.8. The minimum absolute atomic E-state index is 0. The monoisotopic (exact) mass is 573 g/mol. The van der Waals surface area contributed by atoms with Crippen LogP contribution in [0, 0.1) is 0 Å². The van der Waals surface area contributed by atoms with Gasteiger partial charge in [0, 0.05) is 10.6 Å². The topological polar surface area (TPSA) is 101 Å². The molecule has 5 rings (SSSR count). The minimum atomic E-state index is -4.21. The Morgan fingerprint density at radius 3 is 2.27 bits per heavy atom. The van der Waals surface area contributed by atoms with Gasteiger partial charge >= 0.3 is 0 Å². The number of carbonyl (C=O) groups excluding carboxylic acids is 1. The Morgan fingerprint density at radius 1 is 0.865 bits per heavy atom. The number of ether oxygens (including phenoxy) is 1. The van der Waals surface area contributed by atoms with Gasteiger partial charge in [-0.25, -0.2) is 13.1 Å². The minimum Gasteiger partial charge on any atom is -0.426 e. The van der Waals surface area contributed by atoms with Crippen LogP contribution < -0.4 is 9.46 Å². The lowest BCUT2D eigenvalue weighted by atomic mass is 10.1. The normalized spacial score (nSPS) is 11.1. The van der Waals surface area contributed by atoms with Crippen LogP contribution in [0.15, 0.2) is 95.9 Å². The van der Waals surface area contributed by atoms with E-state index in [1.165, 1.54) is 30.3 Å². The van der Waals surface area contributed by atoms with Gasteiger partial charge in [0.2, 0.25) is 0 Å². The second-order valence-corrected chi connectivity index (χ2v) is 10.3. The van der Waals surface area contributed by atoms with Crippen molar-refractivity contribution in [1.29, 1.82) is 0 Å². The Hall–Kier alpha value is -3.56. The SMILES string of the molecule is Cl.O=C(NS(=O)(=O)c1ccc(Cl)cc1Cl)c1ccc2nc(Oc3ccc(-c4ccccc4)cc3)[nH]c2c1. The van der Waals surface area contributed by atoms with Gasteiger partial charge in [-0.1, -0.05) is 65.7 Å². The molecule has 0 atom stereocenters. The highest BCUT2D eigenvalue weighted by molar-refractivity contribution is 7.90. The number of H-pyrrole nitrogens is 1. The van der Waals surface area contributed by atoms with Crippen LogP contribution >= 0.6 is 35.6 Å².